The van der Waals surface area contributed by atoms with Crippen LogP contribution in [0.15, 0.2) is 18.2 Å². The fourth-order valence-electron chi connectivity index (χ4n) is 1.31. The second kappa shape index (κ2) is 4.57. The molecule has 0 radical (unpaired) electrons. The molecule has 2 rings (SSSR count). The van der Waals surface area contributed by atoms with E-state index in [1.807, 2.05) is 6.92 Å². The molecule has 1 aromatic carbocycles. The summed E-state index contributed by atoms with van der Waals surface area (Å²) >= 11 is 1.21. The zero-order valence-electron chi connectivity index (χ0n) is 8.79. The smallest absolute Gasteiger partial charge is 0.280 e. The number of amides is 1. The summed E-state index contributed by atoms with van der Waals surface area (Å²) in [6.45, 7) is 2.61. The number of nitrogens with one attached hydrogen (secondary N) is 1. The van der Waals surface area contributed by atoms with Crippen LogP contribution in [0.2, 0.25) is 0 Å². The molecular formula is C11H11FN2OS. The molecule has 84 valence electrons. The monoisotopic (exact) mass is 238 g/mol. The number of hydrogen-bond acceptors (Lipinski definition) is 3. The maximum absolute atomic E-state index is 12.9. The van der Waals surface area contributed by atoms with Crippen LogP contribution in [-0.2, 0) is 0 Å². The van der Waals surface area contributed by atoms with Gasteiger partial charge in [0.1, 0.15) is 5.82 Å². The van der Waals surface area contributed by atoms with Gasteiger partial charge in [0, 0.05) is 6.54 Å². The van der Waals surface area contributed by atoms with Crippen LogP contribution in [0.4, 0.5) is 4.39 Å². The van der Waals surface area contributed by atoms with Crippen LogP contribution < -0.4 is 5.32 Å². The molecule has 0 aliphatic heterocycles. The molecule has 0 saturated carbocycles. The quantitative estimate of drug-likeness (QED) is 0.893. The maximum Gasteiger partial charge on any atom is 0.280 e. The molecule has 5 heteroatoms. The van der Waals surface area contributed by atoms with E-state index in [4.69, 9.17) is 0 Å². The van der Waals surface area contributed by atoms with E-state index in [0.717, 1.165) is 6.42 Å². The van der Waals surface area contributed by atoms with Gasteiger partial charge in [-0.25, -0.2) is 9.37 Å². The Kier molecular flexibility index (Phi) is 3.14. The standard InChI is InChI=1S/C11H11FN2OS/c1-2-5-13-10(15)11-14-8-4-3-7(12)6-9(8)16-11/h3-4,6H,2,5H2,1H3,(H,13,15). The van der Waals surface area contributed by atoms with E-state index in [-0.39, 0.29) is 11.7 Å². The summed E-state index contributed by atoms with van der Waals surface area (Å²) < 4.78 is 13.6. The topological polar surface area (TPSA) is 42.0 Å². The number of benzene rings is 1. The zero-order chi connectivity index (χ0) is 11.5. The highest BCUT2D eigenvalue weighted by molar-refractivity contribution is 7.20. The number of halogens is 1. The van der Waals surface area contributed by atoms with E-state index in [1.165, 1.54) is 23.5 Å². The lowest BCUT2D eigenvalue weighted by Crippen LogP contribution is -2.23. The number of rotatable bonds is 3. The SMILES string of the molecule is CCCNC(=O)c1nc2ccc(F)cc2s1. The van der Waals surface area contributed by atoms with Crippen molar-refractivity contribution in [1.29, 1.82) is 0 Å². The van der Waals surface area contributed by atoms with Crippen molar-refractivity contribution in [3.63, 3.8) is 0 Å². The number of fused-ring (bicyclic) bond motifs is 1. The van der Waals surface area contributed by atoms with Crippen molar-refractivity contribution in [3.8, 4) is 0 Å². The van der Waals surface area contributed by atoms with Crippen molar-refractivity contribution in [2.45, 2.75) is 13.3 Å². The van der Waals surface area contributed by atoms with Crippen molar-refractivity contribution < 1.29 is 9.18 Å². The maximum atomic E-state index is 12.9. The van der Waals surface area contributed by atoms with Crippen LogP contribution in [0.1, 0.15) is 23.1 Å². The number of thiazole rings is 1. The van der Waals surface area contributed by atoms with Gasteiger partial charge in [-0.05, 0) is 24.6 Å². The van der Waals surface area contributed by atoms with Gasteiger partial charge in [0.05, 0.1) is 10.2 Å². The average Bonchev–Trinajstić information content (AvgIpc) is 2.68. The third-order valence-corrected chi connectivity index (χ3v) is 3.10. The van der Waals surface area contributed by atoms with Gasteiger partial charge >= 0.3 is 0 Å². The lowest BCUT2D eigenvalue weighted by Gasteiger charge is -1.97. The van der Waals surface area contributed by atoms with Gasteiger partial charge < -0.3 is 5.32 Å². The molecule has 0 bridgehead atoms. The summed E-state index contributed by atoms with van der Waals surface area (Å²) in [6.07, 6.45) is 0.880. The minimum Gasteiger partial charge on any atom is -0.350 e. The summed E-state index contributed by atoms with van der Waals surface area (Å²) in [5.74, 6) is -0.500. The molecule has 16 heavy (non-hydrogen) atoms. The molecule has 0 atom stereocenters. The van der Waals surface area contributed by atoms with Crippen molar-refractivity contribution in [2.75, 3.05) is 6.54 Å². The van der Waals surface area contributed by atoms with Crippen LogP contribution in [0, 0.1) is 5.82 Å². The van der Waals surface area contributed by atoms with E-state index >= 15 is 0 Å². The van der Waals surface area contributed by atoms with Gasteiger partial charge in [0.15, 0.2) is 5.01 Å². The molecule has 0 aliphatic carbocycles. The number of carbonyl (C=O) groups excluding carboxylic acids is 1. The van der Waals surface area contributed by atoms with Crippen LogP contribution >= 0.6 is 11.3 Å². The molecule has 3 nitrogen and oxygen atoms in total. The molecular weight excluding hydrogens is 227 g/mol. The molecule has 0 spiro atoms. The highest BCUT2D eigenvalue weighted by atomic mass is 32.1. The largest absolute Gasteiger partial charge is 0.350 e. The van der Waals surface area contributed by atoms with Crippen molar-refractivity contribution in [1.82, 2.24) is 10.3 Å². The van der Waals surface area contributed by atoms with E-state index < -0.39 is 0 Å². The predicted octanol–water partition coefficient (Wildman–Crippen LogP) is 2.58. The summed E-state index contributed by atoms with van der Waals surface area (Å²) in [5.41, 5.74) is 0.660. The molecule has 0 aliphatic rings. The third-order valence-electron chi connectivity index (χ3n) is 2.08. The van der Waals surface area contributed by atoms with Gasteiger partial charge in [-0.2, -0.15) is 0 Å². The Morgan fingerprint density at radius 2 is 2.38 bits per heavy atom. The summed E-state index contributed by atoms with van der Waals surface area (Å²) in [7, 11) is 0. The van der Waals surface area contributed by atoms with E-state index in [9.17, 15) is 9.18 Å². The predicted molar refractivity (Wildman–Crippen MR) is 62.2 cm³/mol. The van der Waals surface area contributed by atoms with Crippen LogP contribution in [0.5, 0.6) is 0 Å². The zero-order valence-corrected chi connectivity index (χ0v) is 9.60. The molecule has 1 aromatic heterocycles. The van der Waals surface area contributed by atoms with Crippen LogP contribution in [-0.4, -0.2) is 17.4 Å². The summed E-state index contributed by atoms with van der Waals surface area (Å²) in [5, 5.41) is 3.12. The summed E-state index contributed by atoms with van der Waals surface area (Å²) in [4.78, 5) is 15.7. The lowest BCUT2D eigenvalue weighted by molar-refractivity contribution is 0.0953. The molecule has 1 amide bonds. The fourth-order valence-corrected chi connectivity index (χ4v) is 2.22. The molecule has 1 N–H and O–H groups in total. The second-order valence-electron chi connectivity index (χ2n) is 3.39. The first-order valence-corrected chi connectivity index (χ1v) is 5.86. The van der Waals surface area contributed by atoms with E-state index in [2.05, 4.69) is 10.3 Å². The average molecular weight is 238 g/mol. The highest BCUT2D eigenvalue weighted by Gasteiger charge is 2.11. The van der Waals surface area contributed by atoms with Gasteiger partial charge in [-0.3, -0.25) is 4.79 Å². The van der Waals surface area contributed by atoms with Crippen molar-refractivity contribution in [2.24, 2.45) is 0 Å². The Morgan fingerprint density at radius 1 is 1.56 bits per heavy atom. The highest BCUT2D eigenvalue weighted by Crippen LogP contribution is 2.22. The first-order chi connectivity index (χ1) is 7.70. The van der Waals surface area contributed by atoms with E-state index in [1.54, 1.807) is 6.07 Å². The minimum atomic E-state index is -0.309. The number of nitrogens with zero attached hydrogens (tertiary/aromatic N) is 1. The minimum absolute atomic E-state index is 0.191. The van der Waals surface area contributed by atoms with Gasteiger partial charge in [-0.1, -0.05) is 6.92 Å². The molecule has 0 fully saturated rings. The normalized spacial score (nSPS) is 10.6. The Labute approximate surface area is 96.3 Å². The number of carbonyl (C=O) groups is 1. The third kappa shape index (κ3) is 2.19. The lowest BCUT2D eigenvalue weighted by atomic mass is 10.3. The van der Waals surface area contributed by atoms with Crippen LogP contribution in [0.3, 0.4) is 0 Å². The Morgan fingerprint density at radius 3 is 3.12 bits per heavy atom. The Hall–Kier alpha value is -1.49. The summed E-state index contributed by atoms with van der Waals surface area (Å²) in [6, 6.07) is 4.32. The fraction of sp³-hybridized carbons (Fsp3) is 0.273. The Bertz CT molecular complexity index is 524. The first kappa shape index (κ1) is 11.0. The van der Waals surface area contributed by atoms with Crippen LogP contribution in [0.25, 0.3) is 10.2 Å². The van der Waals surface area contributed by atoms with E-state index in [0.29, 0.717) is 21.8 Å². The second-order valence-corrected chi connectivity index (χ2v) is 4.42. The molecule has 0 unspecified atom stereocenters. The van der Waals surface area contributed by atoms with Crippen molar-refractivity contribution in [3.05, 3.63) is 29.0 Å². The van der Waals surface area contributed by atoms with Gasteiger partial charge in [0.25, 0.3) is 5.91 Å². The van der Waals surface area contributed by atoms with Gasteiger partial charge in [0.2, 0.25) is 0 Å². The number of aromatic nitrogens is 1. The molecule has 2 aromatic rings. The molecule has 0 saturated heterocycles. The molecule has 1 heterocycles. The number of hydrogen-bond donors (Lipinski definition) is 1. The van der Waals surface area contributed by atoms with Crippen molar-refractivity contribution >= 4 is 27.5 Å². The Balaban J connectivity index is 2.28. The first-order valence-electron chi connectivity index (χ1n) is 5.05. The van der Waals surface area contributed by atoms with Gasteiger partial charge in [-0.15, -0.1) is 11.3 Å².